The zero-order chi connectivity index (χ0) is 39.5. The lowest BCUT2D eigenvalue weighted by molar-refractivity contribution is 0.751. The highest BCUT2D eigenvalue weighted by atomic mass is 15.2. The number of nitrogens with zero attached hydrogens (tertiary/aromatic N) is 1. The molecule has 0 spiro atoms. The first-order chi connectivity index (χ1) is 29.1. The summed E-state index contributed by atoms with van der Waals surface area (Å²) >= 11 is 0. The summed E-state index contributed by atoms with van der Waals surface area (Å²) in [6.45, 7) is -0.100. The Kier molecular flexibility index (Phi) is 8.13. The molecule has 0 aromatic heterocycles. The molecule has 0 fully saturated rings. The highest BCUT2D eigenvalue weighted by Gasteiger charge is 2.52. The van der Waals surface area contributed by atoms with Gasteiger partial charge in [0.05, 0.1) is 11.1 Å². The maximum absolute atomic E-state index is 6.86. The third-order valence-corrected chi connectivity index (χ3v) is 12.4. The lowest BCUT2D eigenvalue weighted by atomic mass is 9.29. The largest absolute Gasteiger partial charge is 0.399 e. The number of anilines is 5. The SMILES string of the molecule is Nc1ccc2c(c1)N(c1c(-c3ccccc3)cccc1-c1ccccc1)c1cc(-c3ccccc3)cc3c1B2c1ccc(N)cc1C3(c1ccccc1)c1ccccc1. The fourth-order valence-corrected chi connectivity index (χ4v) is 10.0. The molecule has 9 aromatic carbocycles. The monoisotopic (exact) mass is 753 g/mol. The Bertz CT molecular complexity index is 2910. The van der Waals surface area contributed by atoms with Gasteiger partial charge in [0.1, 0.15) is 0 Å². The van der Waals surface area contributed by atoms with E-state index in [1.165, 1.54) is 38.6 Å². The number of hydrogen-bond donors (Lipinski definition) is 2. The second-order valence-electron chi connectivity index (χ2n) is 15.7. The van der Waals surface area contributed by atoms with E-state index in [9.17, 15) is 0 Å². The molecule has 2 aliphatic rings. The van der Waals surface area contributed by atoms with E-state index in [2.05, 4.69) is 223 Å². The summed E-state index contributed by atoms with van der Waals surface area (Å²) in [6.07, 6.45) is 0. The van der Waals surface area contributed by atoms with Crippen molar-refractivity contribution in [3.63, 3.8) is 0 Å². The zero-order valence-electron chi connectivity index (χ0n) is 32.5. The molecule has 0 amide bonds. The fourth-order valence-electron chi connectivity index (χ4n) is 10.0. The van der Waals surface area contributed by atoms with E-state index < -0.39 is 5.41 Å². The Morgan fingerprint density at radius 3 is 1.42 bits per heavy atom. The molecule has 278 valence electrons. The number of benzene rings is 9. The van der Waals surface area contributed by atoms with Crippen LogP contribution in [0.15, 0.2) is 218 Å². The first kappa shape index (κ1) is 34.7. The summed E-state index contributed by atoms with van der Waals surface area (Å²) in [5, 5.41) is 0. The van der Waals surface area contributed by atoms with Crippen LogP contribution in [0.4, 0.5) is 28.4 Å². The molecule has 0 radical (unpaired) electrons. The van der Waals surface area contributed by atoms with Gasteiger partial charge in [-0.25, -0.2) is 0 Å². The first-order valence-corrected chi connectivity index (χ1v) is 20.3. The van der Waals surface area contributed by atoms with Crippen LogP contribution in [0.1, 0.15) is 22.3 Å². The van der Waals surface area contributed by atoms with Gasteiger partial charge in [0.25, 0.3) is 0 Å². The van der Waals surface area contributed by atoms with Crippen LogP contribution in [0.5, 0.6) is 0 Å². The van der Waals surface area contributed by atoms with Crippen LogP contribution in [-0.2, 0) is 5.41 Å². The molecule has 11 rings (SSSR count). The molecule has 3 nitrogen and oxygen atoms in total. The summed E-state index contributed by atoms with van der Waals surface area (Å²) in [6, 6.07) is 79.0. The van der Waals surface area contributed by atoms with Crippen molar-refractivity contribution in [3.05, 3.63) is 241 Å². The number of nitrogens with two attached hydrogens (primary N) is 2. The standard InChI is InChI=1S/C55H40BN3/c57-43-29-31-49-47(35-43)55(41-23-12-4-13-24-41,42-25-14-5-15-26-42)48-33-40(37-17-6-1-7-18-37)34-52-53(48)56(49)50-32-30-44(58)36-51(50)59(52)54-45(38-19-8-2-9-20-38)27-16-28-46(54)39-21-10-3-11-22-39/h1-36H,57-58H2. The molecule has 0 saturated heterocycles. The second-order valence-corrected chi connectivity index (χ2v) is 15.7. The third-order valence-electron chi connectivity index (χ3n) is 12.4. The van der Waals surface area contributed by atoms with Crippen LogP contribution in [0, 0.1) is 0 Å². The van der Waals surface area contributed by atoms with Crippen LogP contribution in [-0.4, -0.2) is 6.71 Å². The van der Waals surface area contributed by atoms with Crippen molar-refractivity contribution in [1.29, 1.82) is 0 Å². The Hall–Kier alpha value is -7.56. The van der Waals surface area contributed by atoms with Crippen LogP contribution < -0.4 is 32.8 Å². The molecular formula is C55H40BN3. The Balaban J connectivity index is 1.36. The normalized spacial score (nSPS) is 13.3. The van der Waals surface area contributed by atoms with Gasteiger partial charge < -0.3 is 16.4 Å². The topological polar surface area (TPSA) is 55.3 Å². The van der Waals surface area contributed by atoms with Crippen molar-refractivity contribution in [3.8, 4) is 33.4 Å². The molecule has 4 heteroatoms. The van der Waals surface area contributed by atoms with Gasteiger partial charge >= 0.3 is 0 Å². The molecule has 2 heterocycles. The minimum absolute atomic E-state index is 0.100. The number of rotatable bonds is 6. The molecule has 0 bridgehead atoms. The van der Waals surface area contributed by atoms with E-state index in [-0.39, 0.29) is 6.71 Å². The molecule has 0 atom stereocenters. The van der Waals surface area contributed by atoms with E-state index >= 15 is 0 Å². The van der Waals surface area contributed by atoms with Crippen molar-refractivity contribution < 1.29 is 0 Å². The van der Waals surface area contributed by atoms with Gasteiger partial charge in [-0.1, -0.05) is 187 Å². The van der Waals surface area contributed by atoms with Gasteiger partial charge in [0, 0.05) is 33.9 Å². The number of para-hydroxylation sites is 1. The van der Waals surface area contributed by atoms with Gasteiger partial charge in [-0.05, 0) is 91.8 Å². The van der Waals surface area contributed by atoms with Crippen molar-refractivity contribution in [2.24, 2.45) is 0 Å². The molecule has 59 heavy (non-hydrogen) atoms. The summed E-state index contributed by atoms with van der Waals surface area (Å²) in [7, 11) is 0. The number of nitrogen functional groups attached to an aromatic ring is 2. The quantitative estimate of drug-likeness (QED) is 0.131. The van der Waals surface area contributed by atoms with Crippen molar-refractivity contribution in [2.75, 3.05) is 16.4 Å². The van der Waals surface area contributed by atoms with Gasteiger partial charge in [-0.2, -0.15) is 0 Å². The average molecular weight is 754 g/mol. The molecule has 4 N–H and O–H groups in total. The van der Waals surface area contributed by atoms with Gasteiger partial charge in [0.15, 0.2) is 0 Å². The summed E-state index contributed by atoms with van der Waals surface area (Å²) in [4.78, 5) is 2.53. The van der Waals surface area contributed by atoms with Crippen LogP contribution in [0.2, 0.25) is 0 Å². The molecule has 0 unspecified atom stereocenters. The van der Waals surface area contributed by atoms with Crippen molar-refractivity contribution in [1.82, 2.24) is 0 Å². The first-order valence-electron chi connectivity index (χ1n) is 20.3. The van der Waals surface area contributed by atoms with E-state index in [4.69, 9.17) is 11.5 Å². The maximum Gasteiger partial charge on any atom is 0.247 e. The second kappa shape index (κ2) is 13.8. The summed E-state index contributed by atoms with van der Waals surface area (Å²) in [5.41, 5.74) is 33.1. The molecule has 0 saturated carbocycles. The smallest absolute Gasteiger partial charge is 0.247 e. The van der Waals surface area contributed by atoms with Gasteiger partial charge in [0.2, 0.25) is 6.71 Å². The zero-order valence-corrected chi connectivity index (χ0v) is 32.5. The van der Waals surface area contributed by atoms with Crippen molar-refractivity contribution >= 4 is 51.5 Å². The molecule has 2 aliphatic heterocycles. The predicted molar refractivity (Wildman–Crippen MR) is 249 cm³/mol. The Morgan fingerprint density at radius 1 is 0.373 bits per heavy atom. The fraction of sp³-hybridized carbons (Fsp3) is 0.0182. The third kappa shape index (κ3) is 5.37. The molecular weight excluding hydrogens is 713 g/mol. The van der Waals surface area contributed by atoms with Crippen LogP contribution in [0.25, 0.3) is 33.4 Å². The number of fused-ring (bicyclic) bond motifs is 4. The van der Waals surface area contributed by atoms with Crippen molar-refractivity contribution in [2.45, 2.75) is 5.41 Å². The number of hydrogen-bond acceptors (Lipinski definition) is 3. The molecule has 0 aliphatic carbocycles. The van der Waals surface area contributed by atoms with E-state index in [1.54, 1.807) is 0 Å². The summed E-state index contributed by atoms with van der Waals surface area (Å²) in [5.74, 6) is 0. The van der Waals surface area contributed by atoms with Gasteiger partial charge in [-0.15, -0.1) is 0 Å². The lowest BCUT2D eigenvalue weighted by Gasteiger charge is -2.49. The lowest BCUT2D eigenvalue weighted by Crippen LogP contribution is -2.65. The Labute approximate surface area is 346 Å². The van der Waals surface area contributed by atoms with E-state index in [1.807, 2.05) is 0 Å². The summed E-state index contributed by atoms with van der Waals surface area (Å²) < 4.78 is 0. The minimum atomic E-state index is -0.712. The van der Waals surface area contributed by atoms with Gasteiger partial charge in [-0.3, -0.25) is 0 Å². The average Bonchev–Trinajstić information content (AvgIpc) is 3.30. The predicted octanol–water partition coefficient (Wildman–Crippen LogP) is 10.8. The Morgan fingerprint density at radius 2 is 0.864 bits per heavy atom. The maximum atomic E-state index is 6.86. The minimum Gasteiger partial charge on any atom is -0.399 e. The van der Waals surface area contributed by atoms with E-state index in [0.717, 1.165) is 56.1 Å². The highest BCUT2D eigenvalue weighted by Crippen LogP contribution is 2.53. The van der Waals surface area contributed by atoms with E-state index in [0.29, 0.717) is 5.69 Å². The van der Waals surface area contributed by atoms with Crippen LogP contribution in [0.3, 0.4) is 0 Å². The molecule has 9 aromatic rings. The van der Waals surface area contributed by atoms with Crippen LogP contribution >= 0.6 is 0 Å². The highest BCUT2D eigenvalue weighted by molar-refractivity contribution is 6.99.